The molecule has 0 fully saturated rings. The smallest absolute Gasteiger partial charge is 0.0818 e. The summed E-state index contributed by atoms with van der Waals surface area (Å²) in [4.78, 5) is 0. The van der Waals surface area contributed by atoms with Crippen LogP contribution in [0.2, 0.25) is 0 Å². The topological polar surface area (TPSA) is 9.23 Å². The Labute approximate surface area is 137 Å². The van der Waals surface area contributed by atoms with Gasteiger partial charge >= 0.3 is 0 Å². The zero-order valence-electron chi connectivity index (χ0n) is 13.6. The number of hydrogen-bond donors (Lipinski definition) is 0. The lowest BCUT2D eigenvalue weighted by Crippen LogP contribution is -2.23. The molecule has 23 heavy (non-hydrogen) atoms. The predicted octanol–water partition coefficient (Wildman–Crippen LogP) is 5.61. The van der Waals surface area contributed by atoms with E-state index in [-0.39, 0.29) is 6.10 Å². The Morgan fingerprint density at radius 3 is 2.70 bits per heavy atom. The van der Waals surface area contributed by atoms with Crippen LogP contribution in [-0.4, -0.2) is 13.2 Å². The second kappa shape index (κ2) is 5.82. The van der Waals surface area contributed by atoms with Crippen LogP contribution in [0.25, 0.3) is 21.5 Å². The molecule has 0 aromatic heterocycles. The summed E-state index contributed by atoms with van der Waals surface area (Å²) >= 11 is 0. The molecule has 2 unspecified atom stereocenters. The van der Waals surface area contributed by atoms with Crippen molar-refractivity contribution in [3.05, 3.63) is 72.3 Å². The minimum atomic E-state index is 0.0890. The molecule has 3 aromatic carbocycles. The van der Waals surface area contributed by atoms with E-state index >= 15 is 0 Å². The van der Waals surface area contributed by atoms with E-state index in [1.54, 1.807) is 7.11 Å². The molecule has 0 amide bonds. The SMILES string of the molecule is C=CC(OC)C1CCCc2ccc3c(ccc4ccccc43)c21. The second-order valence-electron chi connectivity index (χ2n) is 6.45. The number of methoxy groups -OCH3 is 1. The molecular formula is C22H22O. The van der Waals surface area contributed by atoms with Gasteiger partial charge in [-0.25, -0.2) is 0 Å². The molecular weight excluding hydrogens is 280 g/mol. The summed E-state index contributed by atoms with van der Waals surface area (Å²) in [5.41, 5.74) is 2.96. The number of fused-ring (bicyclic) bond motifs is 5. The number of rotatable bonds is 3. The van der Waals surface area contributed by atoms with Crippen molar-refractivity contribution in [2.24, 2.45) is 0 Å². The second-order valence-corrected chi connectivity index (χ2v) is 6.45. The van der Waals surface area contributed by atoms with Crippen molar-refractivity contribution in [2.45, 2.75) is 31.3 Å². The van der Waals surface area contributed by atoms with Gasteiger partial charge in [0.15, 0.2) is 0 Å². The molecule has 0 N–H and O–H groups in total. The molecule has 1 heteroatoms. The summed E-state index contributed by atoms with van der Waals surface area (Å²) in [5.74, 6) is 0.408. The molecule has 0 radical (unpaired) electrons. The highest BCUT2D eigenvalue weighted by Crippen LogP contribution is 2.41. The van der Waals surface area contributed by atoms with Crippen LogP contribution in [0.4, 0.5) is 0 Å². The summed E-state index contributed by atoms with van der Waals surface area (Å²) in [7, 11) is 1.79. The van der Waals surface area contributed by atoms with Crippen LogP contribution in [0.3, 0.4) is 0 Å². The van der Waals surface area contributed by atoms with E-state index in [0.29, 0.717) is 5.92 Å². The summed E-state index contributed by atoms with van der Waals surface area (Å²) in [5, 5.41) is 5.38. The van der Waals surface area contributed by atoms with Crippen molar-refractivity contribution in [3.63, 3.8) is 0 Å². The molecule has 0 heterocycles. The molecule has 116 valence electrons. The maximum atomic E-state index is 5.71. The van der Waals surface area contributed by atoms with Gasteiger partial charge in [0.05, 0.1) is 6.10 Å². The van der Waals surface area contributed by atoms with Gasteiger partial charge in [0, 0.05) is 13.0 Å². The van der Waals surface area contributed by atoms with Crippen LogP contribution in [0.15, 0.2) is 61.2 Å². The van der Waals surface area contributed by atoms with E-state index in [9.17, 15) is 0 Å². The third-order valence-corrected chi connectivity index (χ3v) is 5.29. The van der Waals surface area contributed by atoms with Crippen molar-refractivity contribution in [1.82, 2.24) is 0 Å². The van der Waals surface area contributed by atoms with Gasteiger partial charge in [-0.1, -0.05) is 54.6 Å². The Balaban J connectivity index is 2.02. The normalized spacial score (nSPS) is 18.7. The molecule has 0 saturated heterocycles. The van der Waals surface area contributed by atoms with E-state index in [4.69, 9.17) is 4.74 Å². The van der Waals surface area contributed by atoms with E-state index in [0.717, 1.165) is 0 Å². The van der Waals surface area contributed by atoms with Gasteiger partial charge in [-0.05, 0) is 51.9 Å². The Hall–Kier alpha value is -2.12. The third-order valence-electron chi connectivity index (χ3n) is 5.29. The van der Waals surface area contributed by atoms with Gasteiger partial charge in [0.1, 0.15) is 0 Å². The van der Waals surface area contributed by atoms with E-state index < -0.39 is 0 Å². The first-order valence-electron chi connectivity index (χ1n) is 8.42. The Bertz CT molecular complexity index is 878. The lowest BCUT2D eigenvalue weighted by Gasteiger charge is -2.31. The van der Waals surface area contributed by atoms with Crippen LogP contribution >= 0.6 is 0 Å². The quantitative estimate of drug-likeness (QED) is 0.451. The molecule has 0 saturated carbocycles. The predicted molar refractivity (Wildman–Crippen MR) is 98.1 cm³/mol. The average Bonchev–Trinajstić information content (AvgIpc) is 2.62. The molecule has 1 nitrogen and oxygen atoms in total. The molecule has 2 atom stereocenters. The number of benzene rings is 3. The van der Waals surface area contributed by atoms with E-state index in [1.165, 1.54) is 51.9 Å². The Morgan fingerprint density at radius 2 is 1.87 bits per heavy atom. The minimum Gasteiger partial charge on any atom is -0.377 e. The largest absolute Gasteiger partial charge is 0.377 e. The Kier molecular flexibility index (Phi) is 3.66. The highest BCUT2D eigenvalue weighted by Gasteiger charge is 2.28. The zero-order chi connectivity index (χ0) is 15.8. The van der Waals surface area contributed by atoms with E-state index in [1.807, 2.05) is 6.08 Å². The maximum absolute atomic E-state index is 5.71. The monoisotopic (exact) mass is 302 g/mol. The lowest BCUT2D eigenvalue weighted by molar-refractivity contribution is 0.111. The Morgan fingerprint density at radius 1 is 1.04 bits per heavy atom. The van der Waals surface area contributed by atoms with Crippen molar-refractivity contribution in [3.8, 4) is 0 Å². The standard InChI is InChI=1S/C22H22O/c1-3-21(23-2)20-10-6-8-16-12-13-18-17-9-5-4-7-15(17)11-14-19(18)22(16)20/h3-5,7,9,11-14,20-21H,1,6,8,10H2,2H3. The summed E-state index contributed by atoms with van der Waals surface area (Å²) in [6.07, 6.45) is 5.61. The number of aryl methyl sites for hydroxylation is 1. The third kappa shape index (κ3) is 2.27. The molecule has 4 rings (SSSR count). The minimum absolute atomic E-state index is 0.0890. The van der Waals surface area contributed by atoms with Crippen LogP contribution in [0.5, 0.6) is 0 Å². The van der Waals surface area contributed by atoms with Gasteiger partial charge in [-0.2, -0.15) is 0 Å². The van der Waals surface area contributed by atoms with Crippen molar-refractivity contribution in [2.75, 3.05) is 7.11 Å². The fourth-order valence-electron chi connectivity index (χ4n) is 4.22. The highest BCUT2D eigenvalue weighted by molar-refractivity contribution is 6.08. The van der Waals surface area contributed by atoms with Gasteiger partial charge in [-0.15, -0.1) is 6.58 Å². The lowest BCUT2D eigenvalue weighted by atomic mass is 9.77. The van der Waals surface area contributed by atoms with Crippen molar-refractivity contribution >= 4 is 21.5 Å². The fraction of sp³-hybridized carbons (Fsp3) is 0.273. The molecule has 0 bridgehead atoms. The van der Waals surface area contributed by atoms with Crippen LogP contribution in [0, 0.1) is 0 Å². The molecule has 1 aliphatic rings. The van der Waals surface area contributed by atoms with Gasteiger partial charge in [0.25, 0.3) is 0 Å². The summed E-state index contributed by atoms with van der Waals surface area (Å²) in [6.45, 7) is 3.98. The van der Waals surface area contributed by atoms with Crippen molar-refractivity contribution in [1.29, 1.82) is 0 Å². The molecule has 0 aliphatic heterocycles. The number of ether oxygens (including phenoxy) is 1. The van der Waals surface area contributed by atoms with Gasteiger partial charge < -0.3 is 4.74 Å². The van der Waals surface area contributed by atoms with E-state index in [2.05, 4.69) is 55.1 Å². The number of hydrogen-bond acceptors (Lipinski definition) is 1. The molecule has 0 spiro atoms. The summed E-state index contributed by atoms with van der Waals surface area (Å²) < 4.78 is 5.71. The zero-order valence-corrected chi connectivity index (χ0v) is 13.6. The van der Waals surface area contributed by atoms with Gasteiger partial charge in [0.2, 0.25) is 0 Å². The highest BCUT2D eigenvalue weighted by atomic mass is 16.5. The first-order chi connectivity index (χ1) is 11.3. The first kappa shape index (κ1) is 14.5. The summed E-state index contributed by atoms with van der Waals surface area (Å²) in [6, 6.07) is 17.8. The van der Waals surface area contributed by atoms with Crippen LogP contribution < -0.4 is 0 Å². The fourth-order valence-corrected chi connectivity index (χ4v) is 4.22. The van der Waals surface area contributed by atoms with Crippen LogP contribution in [-0.2, 0) is 11.2 Å². The molecule has 1 aliphatic carbocycles. The van der Waals surface area contributed by atoms with Gasteiger partial charge in [-0.3, -0.25) is 0 Å². The average molecular weight is 302 g/mol. The first-order valence-corrected chi connectivity index (χ1v) is 8.42. The molecule has 3 aromatic rings. The van der Waals surface area contributed by atoms with Crippen LogP contribution in [0.1, 0.15) is 29.9 Å². The maximum Gasteiger partial charge on any atom is 0.0818 e. The van der Waals surface area contributed by atoms with Crippen molar-refractivity contribution < 1.29 is 4.74 Å².